The molecule has 0 saturated heterocycles. The van der Waals surface area contributed by atoms with Crippen LogP contribution >= 0.6 is 0 Å². The van der Waals surface area contributed by atoms with E-state index in [-0.39, 0.29) is 5.78 Å². The summed E-state index contributed by atoms with van der Waals surface area (Å²) in [5, 5.41) is 0. The lowest BCUT2D eigenvalue weighted by Gasteiger charge is -2.10. The molecule has 0 amide bonds. The summed E-state index contributed by atoms with van der Waals surface area (Å²) in [5.74, 6) is 0.176. The minimum Gasteiger partial charge on any atom is -0.289 e. The van der Waals surface area contributed by atoms with Gasteiger partial charge in [0.15, 0.2) is 5.78 Å². The first-order chi connectivity index (χ1) is 9.74. The second kappa shape index (κ2) is 4.14. The van der Waals surface area contributed by atoms with Crippen molar-refractivity contribution in [1.29, 1.82) is 0 Å². The number of nitrogens with zero attached hydrogens (tertiary/aromatic N) is 1. The molecule has 0 unspecified atom stereocenters. The van der Waals surface area contributed by atoms with Crippen molar-refractivity contribution in [3.8, 4) is 0 Å². The molecule has 2 heteroatoms. The van der Waals surface area contributed by atoms with Crippen LogP contribution in [0.15, 0.2) is 41.4 Å². The summed E-state index contributed by atoms with van der Waals surface area (Å²) in [6.07, 6.45) is 2.68. The van der Waals surface area contributed by atoms with Crippen LogP contribution in [0.25, 0.3) is 0 Å². The number of carbonyl (C=O) groups is 1. The highest BCUT2D eigenvalue weighted by Gasteiger charge is 2.27. The second-order valence-electron chi connectivity index (χ2n) is 5.61. The lowest BCUT2D eigenvalue weighted by molar-refractivity contribution is 0.103. The van der Waals surface area contributed by atoms with Crippen LogP contribution < -0.4 is 0 Å². The van der Waals surface area contributed by atoms with Crippen molar-refractivity contribution in [2.75, 3.05) is 0 Å². The highest BCUT2D eigenvalue weighted by atomic mass is 16.1. The average Bonchev–Trinajstić information content (AvgIpc) is 2.77. The van der Waals surface area contributed by atoms with Crippen molar-refractivity contribution in [3.05, 3.63) is 64.2 Å². The number of fused-ring (bicyclic) bond motifs is 4. The zero-order valence-corrected chi connectivity index (χ0v) is 11.4. The third-order valence-corrected chi connectivity index (χ3v) is 4.27. The molecule has 0 radical (unpaired) electrons. The fourth-order valence-corrected chi connectivity index (χ4v) is 3.33. The summed E-state index contributed by atoms with van der Waals surface area (Å²) >= 11 is 0. The fraction of sp³-hybridized carbons (Fsp3) is 0.222. The van der Waals surface area contributed by atoms with Crippen molar-refractivity contribution >= 4 is 17.2 Å². The number of rotatable bonds is 0. The quantitative estimate of drug-likeness (QED) is 0.711. The summed E-state index contributed by atoms with van der Waals surface area (Å²) in [5.41, 5.74) is 7.32. The molecule has 98 valence electrons. The maximum Gasteiger partial charge on any atom is 0.193 e. The molecule has 2 nitrogen and oxygen atoms in total. The van der Waals surface area contributed by atoms with Crippen molar-refractivity contribution < 1.29 is 4.79 Å². The molecule has 0 saturated carbocycles. The number of hydrogen-bond acceptors (Lipinski definition) is 2. The first-order valence-electron chi connectivity index (χ1n) is 7.05. The maximum atomic E-state index is 12.9. The van der Waals surface area contributed by atoms with Crippen molar-refractivity contribution in [3.63, 3.8) is 0 Å². The summed E-state index contributed by atoms with van der Waals surface area (Å²) in [7, 11) is 0. The van der Waals surface area contributed by atoms with Crippen LogP contribution in [0.5, 0.6) is 0 Å². The van der Waals surface area contributed by atoms with Gasteiger partial charge in [-0.3, -0.25) is 9.79 Å². The van der Waals surface area contributed by atoms with E-state index in [1.807, 2.05) is 25.1 Å². The Balaban J connectivity index is 1.96. The Bertz CT molecular complexity index is 771. The Morgan fingerprint density at radius 2 is 1.80 bits per heavy atom. The van der Waals surface area contributed by atoms with Gasteiger partial charge in [0.05, 0.1) is 5.69 Å². The molecular weight excluding hydrogens is 246 g/mol. The summed E-state index contributed by atoms with van der Waals surface area (Å²) < 4.78 is 0. The van der Waals surface area contributed by atoms with E-state index in [4.69, 9.17) is 0 Å². The van der Waals surface area contributed by atoms with Gasteiger partial charge in [-0.05, 0) is 42.5 Å². The Kier molecular flexibility index (Phi) is 2.40. The van der Waals surface area contributed by atoms with E-state index in [0.717, 1.165) is 52.9 Å². The molecule has 0 aromatic heterocycles. The highest BCUT2D eigenvalue weighted by molar-refractivity contribution is 6.14. The van der Waals surface area contributed by atoms with Crippen LogP contribution in [-0.2, 0) is 19.3 Å². The molecule has 0 bridgehead atoms. The molecule has 2 aliphatic rings. The van der Waals surface area contributed by atoms with Crippen molar-refractivity contribution in [2.45, 2.75) is 26.2 Å². The van der Waals surface area contributed by atoms with Gasteiger partial charge in [0, 0.05) is 23.3 Å². The van der Waals surface area contributed by atoms with Gasteiger partial charge in [0.1, 0.15) is 0 Å². The SMILES string of the molecule is CC1=Nc2ccc3c(c2C1)C(=O)c1ccccc1CC3. The number of aryl methyl sites for hydroxylation is 2. The van der Waals surface area contributed by atoms with Gasteiger partial charge in [0.2, 0.25) is 0 Å². The number of benzene rings is 2. The minimum atomic E-state index is 0.176. The normalized spacial score (nSPS) is 16.1. The molecule has 0 atom stereocenters. The van der Waals surface area contributed by atoms with Gasteiger partial charge >= 0.3 is 0 Å². The summed E-state index contributed by atoms with van der Waals surface area (Å²) in [6, 6.07) is 12.1. The van der Waals surface area contributed by atoms with E-state index in [0.29, 0.717) is 0 Å². The predicted molar refractivity (Wildman–Crippen MR) is 80.2 cm³/mol. The monoisotopic (exact) mass is 261 g/mol. The highest BCUT2D eigenvalue weighted by Crippen LogP contribution is 2.35. The van der Waals surface area contributed by atoms with Crippen molar-refractivity contribution in [1.82, 2.24) is 0 Å². The molecular formula is C18H15NO. The zero-order chi connectivity index (χ0) is 13.7. The van der Waals surface area contributed by atoms with E-state index in [1.165, 1.54) is 5.56 Å². The van der Waals surface area contributed by atoms with Gasteiger partial charge in [-0.25, -0.2) is 0 Å². The molecule has 20 heavy (non-hydrogen) atoms. The molecule has 4 rings (SSSR count). The lowest BCUT2D eigenvalue weighted by Crippen LogP contribution is -2.08. The number of ketones is 1. The van der Waals surface area contributed by atoms with E-state index in [2.05, 4.69) is 23.2 Å². The molecule has 2 aromatic carbocycles. The zero-order valence-electron chi connectivity index (χ0n) is 11.4. The molecule has 1 aliphatic carbocycles. The van der Waals surface area contributed by atoms with E-state index in [9.17, 15) is 4.79 Å². The van der Waals surface area contributed by atoms with Gasteiger partial charge in [-0.2, -0.15) is 0 Å². The number of hydrogen-bond donors (Lipinski definition) is 0. The van der Waals surface area contributed by atoms with Crippen LogP contribution in [0, 0.1) is 0 Å². The molecule has 0 spiro atoms. The second-order valence-corrected chi connectivity index (χ2v) is 5.61. The first kappa shape index (κ1) is 11.6. The third kappa shape index (κ3) is 1.58. The summed E-state index contributed by atoms with van der Waals surface area (Å²) in [6.45, 7) is 2.03. The standard InChI is InChI=1S/C18H15NO/c1-11-10-15-16(19-11)9-8-13-7-6-12-4-2-3-5-14(12)18(20)17(13)15/h2-5,8-9H,6-7,10H2,1H3. The van der Waals surface area contributed by atoms with Gasteiger partial charge < -0.3 is 0 Å². The summed E-state index contributed by atoms with van der Waals surface area (Å²) in [4.78, 5) is 17.5. The topological polar surface area (TPSA) is 29.4 Å². The van der Waals surface area contributed by atoms with E-state index < -0.39 is 0 Å². The fourth-order valence-electron chi connectivity index (χ4n) is 3.33. The third-order valence-electron chi connectivity index (χ3n) is 4.27. The Morgan fingerprint density at radius 1 is 1.00 bits per heavy atom. The number of aliphatic imine (C=N–C) groups is 1. The molecule has 0 N–H and O–H groups in total. The van der Waals surface area contributed by atoms with Gasteiger partial charge in [-0.1, -0.05) is 30.3 Å². The van der Waals surface area contributed by atoms with Crippen LogP contribution in [0.1, 0.15) is 39.5 Å². The number of carbonyl (C=O) groups excluding carboxylic acids is 1. The smallest absolute Gasteiger partial charge is 0.193 e. The lowest BCUT2D eigenvalue weighted by atomic mass is 9.92. The maximum absolute atomic E-state index is 12.9. The molecule has 2 aromatic rings. The average molecular weight is 261 g/mol. The van der Waals surface area contributed by atoms with Gasteiger partial charge in [-0.15, -0.1) is 0 Å². The van der Waals surface area contributed by atoms with Crippen LogP contribution in [0.2, 0.25) is 0 Å². The van der Waals surface area contributed by atoms with Gasteiger partial charge in [0.25, 0.3) is 0 Å². The van der Waals surface area contributed by atoms with Crippen molar-refractivity contribution in [2.24, 2.45) is 4.99 Å². The molecule has 1 heterocycles. The largest absolute Gasteiger partial charge is 0.289 e. The molecule has 0 fully saturated rings. The van der Waals surface area contributed by atoms with E-state index >= 15 is 0 Å². The Morgan fingerprint density at radius 3 is 2.70 bits per heavy atom. The van der Waals surface area contributed by atoms with E-state index in [1.54, 1.807) is 0 Å². The Hall–Kier alpha value is -2.22. The first-order valence-corrected chi connectivity index (χ1v) is 7.05. The predicted octanol–water partition coefficient (Wildman–Crippen LogP) is 3.66. The molecule has 1 aliphatic heterocycles. The van der Waals surface area contributed by atoms with Crippen LogP contribution in [0.4, 0.5) is 5.69 Å². The Labute approximate surface area is 118 Å². The van der Waals surface area contributed by atoms with Crippen LogP contribution in [0.3, 0.4) is 0 Å². The van der Waals surface area contributed by atoms with Crippen LogP contribution in [-0.4, -0.2) is 11.5 Å². The minimum absolute atomic E-state index is 0.176.